The minimum absolute atomic E-state index is 0.0169. The van der Waals surface area contributed by atoms with Gasteiger partial charge in [0, 0.05) is 10.2 Å². The molecular formula is C13H14BrFO2S. The summed E-state index contributed by atoms with van der Waals surface area (Å²) in [5.74, 6) is 0.682. The average Bonchev–Trinajstić information content (AvgIpc) is 3.00. The second kappa shape index (κ2) is 5.61. The SMILES string of the molecule is O=C(O)CC1(CSCc2ccc(F)cc2Br)CC1. The zero-order valence-electron chi connectivity index (χ0n) is 9.79. The van der Waals surface area contributed by atoms with Crippen LogP contribution in [-0.4, -0.2) is 16.8 Å². The third kappa shape index (κ3) is 3.72. The minimum Gasteiger partial charge on any atom is -0.481 e. The van der Waals surface area contributed by atoms with Gasteiger partial charge in [-0.15, -0.1) is 0 Å². The summed E-state index contributed by atoms with van der Waals surface area (Å²) >= 11 is 5.06. The number of carbonyl (C=O) groups is 1. The first-order valence-electron chi connectivity index (χ1n) is 5.74. The van der Waals surface area contributed by atoms with Crippen LogP contribution in [0.2, 0.25) is 0 Å². The third-order valence-electron chi connectivity index (χ3n) is 3.16. The molecule has 0 amide bonds. The summed E-state index contributed by atoms with van der Waals surface area (Å²) in [5, 5.41) is 8.82. The zero-order valence-corrected chi connectivity index (χ0v) is 12.2. The van der Waals surface area contributed by atoms with E-state index in [1.165, 1.54) is 12.1 Å². The maximum Gasteiger partial charge on any atom is 0.303 e. The second-order valence-electron chi connectivity index (χ2n) is 4.80. The molecule has 1 aliphatic carbocycles. The van der Waals surface area contributed by atoms with E-state index < -0.39 is 5.97 Å². The number of carboxylic acids is 1. The van der Waals surface area contributed by atoms with Crippen molar-refractivity contribution in [3.05, 3.63) is 34.1 Å². The maximum atomic E-state index is 12.9. The number of aliphatic carboxylic acids is 1. The summed E-state index contributed by atoms with van der Waals surface area (Å²) in [5.41, 5.74) is 1.07. The lowest BCUT2D eigenvalue weighted by atomic mass is 10.1. The van der Waals surface area contributed by atoms with Crippen molar-refractivity contribution in [1.29, 1.82) is 0 Å². The standard InChI is InChI=1S/C13H14BrFO2S/c14-11-5-10(15)2-1-9(11)7-18-8-13(3-4-13)6-12(16)17/h1-2,5H,3-4,6-8H2,(H,16,17). The van der Waals surface area contributed by atoms with Crippen LogP contribution in [-0.2, 0) is 10.5 Å². The molecule has 0 bridgehead atoms. The van der Waals surface area contributed by atoms with Crippen molar-refractivity contribution in [2.75, 3.05) is 5.75 Å². The van der Waals surface area contributed by atoms with Gasteiger partial charge in [0.2, 0.25) is 0 Å². The molecule has 2 rings (SSSR count). The lowest BCUT2D eigenvalue weighted by Crippen LogP contribution is -2.11. The number of hydrogen-bond donors (Lipinski definition) is 1. The predicted octanol–water partition coefficient (Wildman–Crippen LogP) is 4.08. The van der Waals surface area contributed by atoms with Crippen LogP contribution in [0, 0.1) is 11.2 Å². The van der Waals surface area contributed by atoms with Gasteiger partial charge in [0.15, 0.2) is 0 Å². The van der Waals surface area contributed by atoms with E-state index in [4.69, 9.17) is 5.11 Å². The number of carboxylic acid groups (broad SMARTS) is 1. The predicted molar refractivity (Wildman–Crippen MR) is 74.2 cm³/mol. The highest BCUT2D eigenvalue weighted by atomic mass is 79.9. The molecule has 0 spiro atoms. The first kappa shape index (κ1) is 13.9. The molecule has 0 saturated heterocycles. The van der Waals surface area contributed by atoms with Crippen molar-refractivity contribution < 1.29 is 14.3 Å². The molecule has 1 fully saturated rings. The molecular weight excluding hydrogens is 319 g/mol. The topological polar surface area (TPSA) is 37.3 Å². The summed E-state index contributed by atoms with van der Waals surface area (Å²) in [6, 6.07) is 4.67. The summed E-state index contributed by atoms with van der Waals surface area (Å²) in [7, 11) is 0. The van der Waals surface area contributed by atoms with E-state index in [0.717, 1.165) is 34.4 Å². The van der Waals surface area contributed by atoms with Gasteiger partial charge in [-0.2, -0.15) is 11.8 Å². The fourth-order valence-electron chi connectivity index (χ4n) is 1.89. The Morgan fingerprint density at radius 2 is 2.22 bits per heavy atom. The highest BCUT2D eigenvalue weighted by molar-refractivity contribution is 9.10. The molecule has 1 N–H and O–H groups in total. The Hall–Kier alpha value is -0.550. The number of halogens is 2. The third-order valence-corrected chi connectivity index (χ3v) is 5.23. The quantitative estimate of drug-likeness (QED) is 0.852. The molecule has 0 radical (unpaired) electrons. The summed E-state index contributed by atoms with van der Waals surface area (Å²) in [4.78, 5) is 10.7. The van der Waals surface area contributed by atoms with Gasteiger partial charge in [0.1, 0.15) is 5.82 Å². The monoisotopic (exact) mass is 332 g/mol. The van der Waals surface area contributed by atoms with E-state index in [9.17, 15) is 9.18 Å². The fourth-order valence-corrected chi connectivity index (χ4v) is 3.96. The Kier molecular flexibility index (Phi) is 4.33. The fraction of sp³-hybridized carbons (Fsp3) is 0.462. The summed E-state index contributed by atoms with van der Waals surface area (Å²) < 4.78 is 13.7. The van der Waals surface area contributed by atoms with Gasteiger partial charge in [0.05, 0.1) is 6.42 Å². The van der Waals surface area contributed by atoms with Crippen molar-refractivity contribution in [1.82, 2.24) is 0 Å². The Bertz CT molecular complexity index is 460. The Morgan fingerprint density at radius 3 is 2.78 bits per heavy atom. The summed E-state index contributed by atoms with van der Waals surface area (Å²) in [6.07, 6.45) is 2.29. The van der Waals surface area contributed by atoms with Gasteiger partial charge in [-0.25, -0.2) is 4.39 Å². The van der Waals surface area contributed by atoms with Crippen LogP contribution >= 0.6 is 27.7 Å². The van der Waals surface area contributed by atoms with E-state index in [1.54, 1.807) is 17.8 Å². The molecule has 1 aromatic rings. The average molecular weight is 333 g/mol. The molecule has 0 unspecified atom stereocenters. The number of hydrogen-bond acceptors (Lipinski definition) is 2. The Morgan fingerprint density at radius 1 is 1.50 bits per heavy atom. The molecule has 2 nitrogen and oxygen atoms in total. The van der Waals surface area contributed by atoms with E-state index in [1.807, 2.05) is 0 Å². The number of thioether (sulfide) groups is 1. The van der Waals surface area contributed by atoms with Gasteiger partial charge in [-0.05, 0) is 41.7 Å². The number of benzene rings is 1. The van der Waals surface area contributed by atoms with Crippen molar-refractivity contribution >= 4 is 33.7 Å². The largest absolute Gasteiger partial charge is 0.481 e. The van der Waals surface area contributed by atoms with Gasteiger partial charge < -0.3 is 5.11 Å². The molecule has 0 atom stereocenters. The lowest BCUT2D eigenvalue weighted by molar-refractivity contribution is -0.138. The normalized spacial score (nSPS) is 16.6. The van der Waals surface area contributed by atoms with Gasteiger partial charge in [-0.3, -0.25) is 4.79 Å². The first-order valence-corrected chi connectivity index (χ1v) is 7.69. The Balaban J connectivity index is 1.83. The maximum absolute atomic E-state index is 12.9. The smallest absolute Gasteiger partial charge is 0.303 e. The van der Waals surface area contributed by atoms with E-state index in [0.29, 0.717) is 0 Å². The molecule has 1 aromatic carbocycles. The minimum atomic E-state index is -0.712. The van der Waals surface area contributed by atoms with Crippen LogP contribution in [0.5, 0.6) is 0 Å². The van der Waals surface area contributed by atoms with Crippen LogP contribution in [0.3, 0.4) is 0 Å². The van der Waals surface area contributed by atoms with Crippen molar-refractivity contribution in [3.63, 3.8) is 0 Å². The highest BCUT2D eigenvalue weighted by Gasteiger charge is 2.43. The molecule has 0 aliphatic heterocycles. The highest BCUT2D eigenvalue weighted by Crippen LogP contribution is 2.51. The van der Waals surface area contributed by atoms with Crippen LogP contribution in [0.25, 0.3) is 0 Å². The van der Waals surface area contributed by atoms with Crippen LogP contribution in [0.1, 0.15) is 24.8 Å². The van der Waals surface area contributed by atoms with Crippen LogP contribution < -0.4 is 0 Å². The van der Waals surface area contributed by atoms with Gasteiger partial charge in [-0.1, -0.05) is 22.0 Å². The molecule has 98 valence electrons. The van der Waals surface area contributed by atoms with Crippen LogP contribution in [0.4, 0.5) is 4.39 Å². The van der Waals surface area contributed by atoms with Crippen molar-refractivity contribution in [2.24, 2.45) is 5.41 Å². The van der Waals surface area contributed by atoms with Crippen molar-refractivity contribution in [3.8, 4) is 0 Å². The van der Waals surface area contributed by atoms with Crippen molar-refractivity contribution in [2.45, 2.75) is 25.0 Å². The first-order chi connectivity index (χ1) is 8.51. The number of rotatable bonds is 6. The second-order valence-corrected chi connectivity index (χ2v) is 6.64. The molecule has 0 aromatic heterocycles. The van der Waals surface area contributed by atoms with E-state index >= 15 is 0 Å². The molecule has 1 saturated carbocycles. The lowest BCUT2D eigenvalue weighted by Gasteiger charge is -2.12. The molecule has 0 heterocycles. The van der Waals surface area contributed by atoms with E-state index in [-0.39, 0.29) is 17.7 Å². The molecule has 5 heteroatoms. The zero-order chi connectivity index (χ0) is 13.2. The van der Waals surface area contributed by atoms with Gasteiger partial charge in [0.25, 0.3) is 0 Å². The van der Waals surface area contributed by atoms with E-state index in [2.05, 4.69) is 15.9 Å². The Labute approximate surface area is 118 Å². The summed E-state index contributed by atoms with van der Waals surface area (Å²) in [6.45, 7) is 0. The molecule has 18 heavy (non-hydrogen) atoms. The van der Waals surface area contributed by atoms with Gasteiger partial charge >= 0.3 is 5.97 Å². The van der Waals surface area contributed by atoms with Crippen LogP contribution in [0.15, 0.2) is 22.7 Å². The molecule has 1 aliphatic rings.